The van der Waals surface area contributed by atoms with Crippen LogP contribution in [0.15, 0.2) is 24.3 Å². The van der Waals surface area contributed by atoms with Gasteiger partial charge in [0.05, 0.1) is 6.61 Å². The van der Waals surface area contributed by atoms with E-state index in [1.807, 2.05) is 43.1 Å². The van der Waals surface area contributed by atoms with Crippen LogP contribution in [0.4, 0.5) is 0 Å². The highest BCUT2D eigenvalue weighted by molar-refractivity contribution is 5.85. The van der Waals surface area contributed by atoms with Gasteiger partial charge < -0.3 is 15.0 Å². The van der Waals surface area contributed by atoms with Crippen LogP contribution < -0.4 is 10.1 Å². The Morgan fingerprint density at radius 3 is 2.67 bits per heavy atom. The number of benzene rings is 1. The molecule has 0 bridgehead atoms. The zero-order valence-corrected chi connectivity index (χ0v) is 13.6. The van der Waals surface area contributed by atoms with Crippen molar-refractivity contribution >= 4 is 18.3 Å². The summed E-state index contributed by atoms with van der Waals surface area (Å²) in [4.78, 5) is 14.3. The Bertz CT molecular complexity index is 448. The lowest BCUT2D eigenvalue weighted by molar-refractivity contribution is -0.135. The fraction of sp³-hybridized carbons (Fsp3) is 0.562. The van der Waals surface area contributed by atoms with E-state index in [-0.39, 0.29) is 24.2 Å². The SMILES string of the molecule is CCOc1ccccc1CN(C)C(=O)C1CCNCC1.Cl. The summed E-state index contributed by atoms with van der Waals surface area (Å²) in [5.74, 6) is 1.29. The van der Waals surface area contributed by atoms with E-state index in [1.165, 1.54) is 0 Å². The molecule has 1 saturated heterocycles. The molecule has 2 rings (SSSR count). The molecule has 1 aromatic carbocycles. The molecule has 4 nitrogen and oxygen atoms in total. The van der Waals surface area contributed by atoms with Crippen molar-refractivity contribution in [2.45, 2.75) is 26.3 Å². The van der Waals surface area contributed by atoms with Gasteiger partial charge in [-0.2, -0.15) is 0 Å². The molecule has 1 fully saturated rings. The van der Waals surface area contributed by atoms with Gasteiger partial charge >= 0.3 is 0 Å². The van der Waals surface area contributed by atoms with Crippen molar-refractivity contribution in [3.63, 3.8) is 0 Å². The van der Waals surface area contributed by atoms with Crippen LogP contribution in [0.1, 0.15) is 25.3 Å². The molecular formula is C16H25ClN2O2. The van der Waals surface area contributed by atoms with Crippen molar-refractivity contribution in [2.75, 3.05) is 26.7 Å². The van der Waals surface area contributed by atoms with Crippen LogP contribution in [0, 0.1) is 5.92 Å². The molecule has 0 aliphatic carbocycles. The number of halogens is 1. The summed E-state index contributed by atoms with van der Waals surface area (Å²) in [7, 11) is 1.88. The fourth-order valence-electron chi connectivity index (χ4n) is 2.64. The van der Waals surface area contributed by atoms with Gasteiger partial charge in [-0.1, -0.05) is 18.2 Å². The van der Waals surface area contributed by atoms with Crippen LogP contribution in [-0.4, -0.2) is 37.6 Å². The Hall–Kier alpha value is -1.26. The van der Waals surface area contributed by atoms with E-state index in [0.29, 0.717) is 13.2 Å². The summed E-state index contributed by atoms with van der Waals surface area (Å²) in [6.45, 7) is 5.11. The van der Waals surface area contributed by atoms with Gasteiger partial charge in [0, 0.05) is 25.1 Å². The highest BCUT2D eigenvalue weighted by Gasteiger charge is 2.24. The molecule has 0 unspecified atom stereocenters. The first-order valence-electron chi connectivity index (χ1n) is 7.38. The second-order valence-electron chi connectivity index (χ2n) is 5.26. The Morgan fingerprint density at radius 1 is 1.33 bits per heavy atom. The molecule has 1 heterocycles. The first-order valence-corrected chi connectivity index (χ1v) is 7.38. The number of piperidine rings is 1. The zero-order valence-electron chi connectivity index (χ0n) is 12.8. The number of ether oxygens (including phenoxy) is 1. The number of nitrogens with zero attached hydrogens (tertiary/aromatic N) is 1. The molecule has 0 atom stereocenters. The second kappa shape index (κ2) is 8.90. The van der Waals surface area contributed by atoms with Crippen LogP contribution in [0.5, 0.6) is 5.75 Å². The van der Waals surface area contributed by atoms with Crippen molar-refractivity contribution in [3.8, 4) is 5.75 Å². The zero-order chi connectivity index (χ0) is 14.4. The van der Waals surface area contributed by atoms with Gasteiger partial charge in [0.15, 0.2) is 0 Å². The van der Waals surface area contributed by atoms with Gasteiger partial charge in [0.1, 0.15) is 5.75 Å². The number of hydrogen-bond acceptors (Lipinski definition) is 3. The fourth-order valence-corrected chi connectivity index (χ4v) is 2.64. The minimum absolute atomic E-state index is 0. The molecule has 0 aromatic heterocycles. The first kappa shape index (κ1) is 17.8. The number of carbonyl (C=O) groups is 1. The predicted molar refractivity (Wildman–Crippen MR) is 86.9 cm³/mol. The summed E-state index contributed by atoms with van der Waals surface area (Å²) in [5.41, 5.74) is 1.07. The van der Waals surface area contributed by atoms with Gasteiger partial charge in [-0.05, 0) is 38.9 Å². The van der Waals surface area contributed by atoms with Crippen molar-refractivity contribution in [1.82, 2.24) is 10.2 Å². The maximum absolute atomic E-state index is 12.4. The molecule has 1 aliphatic rings. The number of amides is 1. The molecule has 118 valence electrons. The minimum Gasteiger partial charge on any atom is -0.494 e. The number of rotatable bonds is 5. The highest BCUT2D eigenvalue weighted by Crippen LogP contribution is 2.21. The molecule has 0 saturated carbocycles. The van der Waals surface area contributed by atoms with Crippen LogP contribution in [0.2, 0.25) is 0 Å². The van der Waals surface area contributed by atoms with E-state index in [0.717, 1.165) is 37.2 Å². The monoisotopic (exact) mass is 312 g/mol. The maximum atomic E-state index is 12.4. The Morgan fingerprint density at radius 2 is 2.00 bits per heavy atom. The van der Waals surface area contributed by atoms with Crippen molar-refractivity contribution in [2.24, 2.45) is 5.92 Å². The molecule has 0 radical (unpaired) electrons. The summed E-state index contributed by atoms with van der Waals surface area (Å²) in [5, 5.41) is 3.29. The molecule has 1 aliphatic heterocycles. The van der Waals surface area contributed by atoms with Gasteiger partial charge in [-0.15, -0.1) is 12.4 Å². The summed E-state index contributed by atoms with van der Waals surface area (Å²) in [6.07, 6.45) is 1.88. The lowest BCUT2D eigenvalue weighted by atomic mass is 9.96. The summed E-state index contributed by atoms with van der Waals surface area (Å²) >= 11 is 0. The summed E-state index contributed by atoms with van der Waals surface area (Å²) in [6, 6.07) is 7.93. The number of nitrogens with one attached hydrogen (secondary N) is 1. The second-order valence-corrected chi connectivity index (χ2v) is 5.26. The standard InChI is InChI=1S/C16H24N2O2.ClH/c1-3-20-15-7-5-4-6-14(15)12-18(2)16(19)13-8-10-17-11-9-13;/h4-7,13,17H,3,8-12H2,1-2H3;1H. The van der Waals surface area contributed by atoms with E-state index >= 15 is 0 Å². The largest absolute Gasteiger partial charge is 0.494 e. The van der Waals surface area contributed by atoms with Crippen LogP contribution in [0.3, 0.4) is 0 Å². The highest BCUT2D eigenvalue weighted by atomic mass is 35.5. The average Bonchev–Trinajstić information content (AvgIpc) is 2.49. The van der Waals surface area contributed by atoms with Gasteiger partial charge in [0.25, 0.3) is 0 Å². The molecule has 1 N–H and O–H groups in total. The predicted octanol–water partition coefficient (Wildman–Crippen LogP) is 2.47. The lowest BCUT2D eigenvalue weighted by Crippen LogP contribution is -2.38. The third-order valence-corrected chi connectivity index (χ3v) is 3.74. The van der Waals surface area contributed by atoms with E-state index in [9.17, 15) is 4.79 Å². The number of hydrogen-bond donors (Lipinski definition) is 1. The van der Waals surface area contributed by atoms with Crippen molar-refractivity contribution in [3.05, 3.63) is 29.8 Å². The lowest BCUT2D eigenvalue weighted by Gasteiger charge is -2.27. The maximum Gasteiger partial charge on any atom is 0.225 e. The average molecular weight is 313 g/mol. The normalized spacial score (nSPS) is 15.1. The minimum atomic E-state index is 0. The van der Waals surface area contributed by atoms with Crippen LogP contribution >= 0.6 is 12.4 Å². The third-order valence-electron chi connectivity index (χ3n) is 3.74. The Kier molecular flexibility index (Phi) is 7.54. The van der Waals surface area contributed by atoms with E-state index in [2.05, 4.69) is 5.32 Å². The molecule has 1 amide bonds. The van der Waals surface area contributed by atoms with Crippen LogP contribution in [0.25, 0.3) is 0 Å². The Balaban J connectivity index is 0.00000220. The van der Waals surface area contributed by atoms with Crippen LogP contribution in [-0.2, 0) is 11.3 Å². The topological polar surface area (TPSA) is 41.6 Å². The molecule has 21 heavy (non-hydrogen) atoms. The number of para-hydroxylation sites is 1. The smallest absolute Gasteiger partial charge is 0.225 e. The van der Waals surface area contributed by atoms with E-state index < -0.39 is 0 Å². The summed E-state index contributed by atoms with van der Waals surface area (Å²) < 4.78 is 5.62. The van der Waals surface area contributed by atoms with Gasteiger partial charge in [0.2, 0.25) is 5.91 Å². The van der Waals surface area contributed by atoms with Crippen molar-refractivity contribution < 1.29 is 9.53 Å². The Labute approximate surface area is 133 Å². The molecular weight excluding hydrogens is 288 g/mol. The van der Waals surface area contributed by atoms with E-state index in [1.54, 1.807) is 0 Å². The van der Waals surface area contributed by atoms with Gasteiger partial charge in [-0.25, -0.2) is 0 Å². The third kappa shape index (κ3) is 4.90. The first-order chi connectivity index (χ1) is 9.72. The molecule has 5 heteroatoms. The molecule has 1 aromatic rings. The van der Waals surface area contributed by atoms with Gasteiger partial charge in [-0.3, -0.25) is 4.79 Å². The quantitative estimate of drug-likeness (QED) is 0.908. The number of carbonyl (C=O) groups excluding carboxylic acids is 1. The van der Waals surface area contributed by atoms with Crippen molar-refractivity contribution in [1.29, 1.82) is 0 Å². The van der Waals surface area contributed by atoms with E-state index in [4.69, 9.17) is 4.74 Å². The molecule has 0 spiro atoms.